The molecular weight excluding hydrogens is 436 g/mol. The minimum atomic E-state index is -3.98. The molecule has 0 fully saturated rings. The fourth-order valence-corrected chi connectivity index (χ4v) is 5.12. The average molecular weight is 458 g/mol. The highest BCUT2D eigenvalue weighted by Crippen LogP contribution is 2.27. The van der Waals surface area contributed by atoms with Crippen molar-refractivity contribution in [3.05, 3.63) is 69.6 Å². The van der Waals surface area contributed by atoms with Crippen LogP contribution >= 0.6 is 11.6 Å². The van der Waals surface area contributed by atoms with Crippen molar-refractivity contribution in [2.24, 2.45) is 0 Å². The van der Waals surface area contributed by atoms with Gasteiger partial charge < -0.3 is 5.73 Å². The maximum absolute atomic E-state index is 13.4. The summed E-state index contributed by atoms with van der Waals surface area (Å²) in [4.78, 5) is 17.9. The van der Waals surface area contributed by atoms with Gasteiger partial charge in [-0.1, -0.05) is 36.0 Å². The molecule has 3 aromatic heterocycles. The van der Waals surface area contributed by atoms with Crippen LogP contribution in [-0.4, -0.2) is 17.8 Å². The van der Waals surface area contributed by atoms with Gasteiger partial charge >= 0.3 is 0 Å². The monoisotopic (exact) mass is 457 g/mol. The lowest BCUT2D eigenvalue weighted by atomic mass is 10.2. The Bertz CT molecular complexity index is 1480. The van der Waals surface area contributed by atoms with Crippen molar-refractivity contribution < 1.29 is 13.0 Å². The minimum absolute atomic E-state index is 0.0506. The molecule has 0 bridgehead atoms. The molecule has 9 heteroatoms. The number of unbranched alkanes of at least 4 members (excludes halogenated alkanes) is 1. The Morgan fingerprint density at radius 1 is 1.19 bits per heavy atom. The van der Waals surface area contributed by atoms with Crippen molar-refractivity contribution in [1.82, 2.24) is 9.38 Å². The van der Waals surface area contributed by atoms with E-state index in [9.17, 15) is 13.2 Å². The van der Waals surface area contributed by atoms with Gasteiger partial charge in [0.15, 0.2) is 0 Å². The molecule has 31 heavy (non-hydrogen) atoms. The number of benzene rings is 1. The molecule has 0 amide bonds. The number of pyridine rings is 2. The molecule has 0 saturated carbocycles. The van der Waals surface area contributed by atoms with Gasteiger partial charge in [-0.05, 0) is 49.7 Å². The molecule has 4 aromatic rings. The Kier molecular flexibility index (Phi) is 5.45. The van der Waals surface area contributed by atoms with Gasteiger partial charge in [0.25, 0.3) is 11.2 Å². The third kappa shape index (κ3) is 3.55. The zero-order chi connectivity index (χ0) is 22.3. The molecule has 0 saturated heterocycles. The molecule has 160 valence electrons. The quantitative estimate of drug-likeness (QED) is 0.366. The molecule has 1 aromatic carbocycles. The van der Waals surface area contributed by atoms with Crippen molar-refractivity contribution in [3.8, 4) is 0 Å². The minimum Gasteiger partial charge on any atom is -0.317 e. The number of nitrogen functional groups attached to an aromatic ring is 1. The van der Waals surface area contributed by atoms with Crippen molar-refractivity contribution in [1.29, 1.82) is 0 Å². The van der Waals surface area contributed by atoms with Crippen LogP contribution in [0.3, 0.4) is 0 Å². The highest BCUT2D eigenvalue weighted by molar-refractivity contribution is 7.91. The average Bonchev–Trinajstić information content (AvgIpc) is 2.74. The fourth-order valence-electron chi connectivity index (χ4n) is 3.58. The molecule has 3 heterocycles. The zero-order valence-electron chi connectivity index (χ0n) is 17.2. The number of rotatable bonds is 5. The third-order valence-electron chi connectivity index (χ3n) is 5.29. The first-order valence-electron chi connectivity index (χ1n) is 9.90. The summed E-state index contributed by atoms with van der Waals surface area (Å²) in [7, 11) is -3.98. The standard InChI is InChI=1S/C22H21ClN4O3S/c1-3-4-11-26-19(24)18(31(29,30)16-9-7-15(23)8-10-16)13-17-21(26)25-20-14(2)6-5-12-27(20)22(17)28/h5-10,12-13,24H,3-4,11H2,1-2H3/p+1. The lowest BCUT2D eigenvalue weighted by Crippen LogP contribution is -2.41. The number of halogens is 1. The number of nitrogens with two attached hydrogens (primary N) is 1. The van der Waals surface area contributed by atoms with Gasteiger partial charge in [-0.25, -0.2) is 13.0 Å². The second kappa shape index (κ2) is 7.94. The summed E-state index contributed by atoms with van der Waals surface area (Å²) in [5, 5.41) is 0.619. The van der Waals surface area contributed by atoms with E-state index < -0.39 is 9.84 Å². The van der Waals surface area contributed by atoms with Crippen LogP contribution in [0.4, 0.5) is 5.82 Å². The first-order chi connectivity index (χ1) is 14.8. The van der Waals surface area contributed by atoms with E-state index in [2.05, 4.69) is 0 Å². The number of anilines is 1. The highest BCUT2D eigenvalue weighted by atomic mass is 35.5. The van der Waals surface area contributed by atoms with Crippen LogP contribution in [0.1, 0.15) is 25.3 Å². The maximum Gasteiger partial charge on any atom is 0.278 e. The molecule has 0 unspecified atom stereocenters. The van der Waals surface area contributed by atoms with Gasteiger partial charge in [-0.15, -0.1) is 0 Å². The van der Waals surface area contributed by atoms with Crippen molar-refractivity contribution in [2.45, 2.75) is 43.0 Å². The summed E-state index contributed by atoms with van der Waals surface area (Å²) in [6.07, 6.45) is 3.24. The summed E-state index contributed by atoms with van der Waals surface area (Å²) in [5.74, 6) is 0.0562. The normalized spacial score (nSPS) is 12.0. The molecule has 0 aliphatic carbocycles. The molecule has 0 atom stereocenters. The predicted molar refractivity (Wildman–Crippen MR) is 120 cm³/mol. The number of fused-ring (bicyclic) bond motifs is 2. The van der Waals surface area contributed by atoms with E-state index in [-0.39, 0.29) is 26.6 Å². The second-order valence-corrected chi connectivity index (χ2v) is 9.75. The number of nitrogens with zero attached hydrogens (tertiary/aromatic N) is 3. The van der Waals surface area contributed by atoms with E-state index in [1.807, 2.05) is 19.9 Å². The lowest BCUT2D eigenvalue weighted by Gasteiger charge is -2.13. The molecular formula is C22H22ClN4O3S+. The van der Waals surface area contributed by atoms with Crippen LogP contribution in [0, 0.1) is 6.92 Å². The largest absolute Gasteiger partial charge is 0.317 e. The summed E-state index contributed by atoms with van der Waals surface area (Å²) in [5.41, 5.74) is 7.76. The van der Waals surface area contributed by atoms with Gasteiger partial charge in [0.2, 0.25) is 21.3 Å². The molecule has 0 aliphatic heterocycles. The van der Waals surface area contributed by atoms with E-state index in [4.69, 9.17) is 22.3 Å². The van der Waals surface area contributed by atoms with E-state index in [0.29, 0.717) is 22.9 Å². The van der Waals surface area contributed by atoms with Gasteiger partial charge in [0.05, 0.1) is 11.4 Å². The number of hydrogen-bond donors (Lipinski definition) is 1. The van der Waals surface area contributed by atoms with Crippen LogP contribution in [0.5, 0.6) is 0 Å². The van der Waals surface area contributed by atoms with E-state index in [1.54, 1.807) is 16.8 Å². The van der Waals surface area contributed by atoms with Gasteiger partial charge in [0.1, 0.15) is 10.3 Å². The van der Waals surface area contributed by atoms with Crippen LogP contribution in [0.25, 0.3) is 16.7 Å². The van der Waals surface area contributed by atoms with Crippen molar-refractivity contribution in [3.63, 3.8) is 0 Å². The van der Waals surface area contributed by atoms with Crippen molar-refractivity contribution >= 4 is 43.9 Å². The zero-order valence-corrected chi connectivity index (χ0v) is 18.7. The number of aryl methyl sites for hydroxylation is 2. The Morgan fingerprint density at radius 3 is 2.58 bits per heavy atom. The summed E-state index contributed by atoms with van der Waals surface area (Å²) < 4.78 is 29.9. The van der Waals surface area contributed by atoms with Crippen LogP contribution in [0.15, 0.2) is 63.2 Å². The molecule has 0 radical (unpaired) electrons. The third-order valence-corrected chi connectivity index (χ3v) is 7.34. The van der Waals surface area contributed by atoms with Crippen LogP contribution < -0.4 is 15.9 Å². The molecule has 2 N–H and O–H groups in total. The first kappa shape index (κ1) is 21.3. The van der Waals surface area contributed by atoms with E-state index in [0.717, 1.165) is 18.4 Å². The maximum atomic E-state index is 13.4. The fraction of sp³-hybridized carbons (Fsp3) is 0.227. The number of hydrogen-bond acceptors (Lipinski definition) is 5. The second-order valence-electron chi connectivity index (χ2n) is 7.40. The van der Waals surface area contributed by atoms with Crippen LogP contribution in [-0.2, 0) is 16.4 Å². The summed E-state index contributed by atoms with van der Waals surface area (Å²) >= 11 is 5.91. The Morgan fingerprint density at radius 2 is 1.90 bits per heavy atom. The van der Waals surface area contributed by atoms with Gasteiger partial charge in [0, 0.05) is 16.8 Å². The summed E-state index contributed by atoms with van der Waals surface area (Å²) in [6.45, 7) is 4.33. The SMILES string of the molecule is CCCC[n+]1c(N)c(S(=O)(=O)c2ccc(Cl)cc2)cc2c(=O)n3cccc(C)c3nc21. The molecule has 4 rings (SSSR count). The highest BCUT2D eigenvalue weighted by Gasteiger charge is 2.29. The first-order valence-corrected chi connectivity index (χ1v) is 11.8. The predicted octanol–water partition coefficient (Wildman–Crippen LogP) is 3.31. The topological polar surface area (TPSA) is 98.4 Å². The molecule has 0 aliphatic rings. The van der Waals surface area contributed by atoms with Gasteiger partial charge in [-0.2, -0.15) is 0 Å². The Balaban J connectivity index is 2.11. The lowest BCUT2D eigenvalue weighted by molar-refractivity contribution is -0.660. The Labute approximate surface area is 184 Å². The number of aromatic nitrogens is 3. The Hall–Kier alpha value is -2.97. The smallest absolute Gasteiger partial charge is 0.278 e. The van der Waals surface area contributed by atoms with Gasteiger partial charge in [-0.3, -0.25) is 9.20 Å². The van der Waals surface area contributed by atoms with E-state index >= 15 is 0 Å². The molecule has 0 spiro atoms. The van der Waals surface area contributed by atoms with Crippen LogP contribution in [0.2, 0.25) is 5.02 Å². The summed E-state index contributed by atoms with van der Waals surface area (Å²) in [6, 6.07) is 10.8. The molecule has 7 nitrogen and oxygen atoms in total. The van der Waals surface area contributed by atoms with Crippen molar-refractivity contribution in [2.75, 3.05) is 5.73 Å². The number of sulfone groups is 1. The van der Waals surface area contributed by atoms with E-state index in [1.165, 1.54) is 34.7 Å².